The van der Waals surface area contributed by atoms with Crippen molar-refractivity contribution in [1.82, 2.24) is 15.0 Å². The van der Waals surface area contributed by atoms with Gasteiger partial charge in [-0.25, -0.2) is 9.97 Å². The molecule has 0 aliphatic heterocycles. The van der Waals surface area contributed by atoms with Gasteiger partial charge in [-0.1, -0.05) is 6.92 Å². The Balaban J connectivity index is 1.87. The molecule has 4 rings (SSSR count). The number of aryl methyl sites for hydroxylation is 1. The number of hydrogen-bond acceptors (Lipinski definition) is 6. The van der Waals surface area contributed by atoms with Crippen LogP contribution in [0.3, 0.4) is 0 Å². The maximum Gasteiger partial charge on any atom is 0.163 e. The lowest BCUT2D eigenvalue weighted by atomic mass is 9.89. The fourth-order valence-corrected chi connectivity index (χ4v) is 4.74. The van der Waals surface area contributed by atoms with Crippen LogP contribution < -0.4 is 11.1 Å². The first-order valence-electron chi connectivity index (χ1n) is 8.84. The molecule has 1 aliphatic rings. The Morgan fingerprint density at radius 3 is 2.88 bits per heavy atom. The van der Waals surface area contributed by atoms with Crippen LogP contribution in [0, 0.1) is 5.92 Å². The Morgan fingerprint density at radius 1 is 1.32 bits per heavy atom. The smallest absolute Gasteiger partial charge is 0.163 e. The maximum absolute atomic E-state index is 5.95. The lowest BCUT2D eigenvalue weighted by Gasteiger charge is -2.18. The van der Waals surface area contributed by atoms with Crippen molar-refractivity contribution in [3.8, 4) is 11.4 Å². The van der Waals surface area contributed by atoms with Crippen molar-refractivity contribution >= 4 is 27.4 Å². The number of rotatable bonds is 4. The number of pyridine rings is 1. The number of fused-ring (bicyclic) bond motifs is 3. The fraction of sp³-hybridized carbons (Fsp3) is 0.421. The van der Waals surface area contributed by atoms with Gasteiger partial charge in [-0.3, -0.25) is 4.98 Å². The fourth-order valence-electron chi connectivity index (χ4n) is 3.36. The van der Waals surface area contributed by atoms with E-state index in [1.807, 2.05) is 30.4 Å². The first-order valence-corrected chi connectivity index (χ1v) is 9.65. The summed E-state index contributed by atoms with van der Waals surface area (Å²) >= 11 is 1.82. The molecule has 0 amide bonds. The molecule has 0 aromatic carbocycles. The molecule has 0 spiro atoms. The molecular weight excluding hydrogens is 330 g/mol. The van der Waals surface area contributed by atoms with Gasteiger partial charge >= 0.3 is 0 Å². The molecule has 0 saturated heterocycles. The highest BCUT2D eigenvalue weighted by Gasteiger charge is 2.24. The topological polar surface area (TPSA) is 76.7 Å². The Morgan fingerprint density at radius 2 is 2.12 bits per heavy atom. The summed E-state index contributed by atoms with van der Waals surface area (Å²) in [4.78, 5) is 16.4. The number of nitrogens with zero attached hydrogens (tertiary/aromatic N) is 3. The minimum Gasteiger partial charge on any atom is -0.368 e. The van der Waals surface area contributed by atoms with E-state index in [-0.39, 0.29) is 6.04 Å². The van der Waals surface area contributed by atoms with Crippen LogP contribution in [0.2, 0.25) is 0 Å². The molecule has 5 nitrogen and oxygen atoms in total. The van der Waals surface area contributed by atoms with Gasteiger partial charge in [-0.15, -0.1) is 11.3 Å². The average molecular weight is 353 g/mol. The summed E-state index contributed by atoms with van der Waals surface area (Å²) in [6, 6.07) is 3.97. The van der Waals surface area contributed by atoms with Gasteiger partial charge in [0.2, 0.25) is 0 Å². The summed E-state index contributed by atoms with van der Waals surface area (Å²) in [5.41, 5.74) is 8.38. The van der Waals surface area contributed by atoms with Crippen LogP contribution in [0.25, 0.3) is 21.6 Å². The predicted octanol–water partition coefficient (Wildman–Crippen LogP) is 3.64. The SMILES string of the molecule is CC1CCc2c(sc3nc(-c4ccncc4)nc(NC[C@H](C)N)c23)C1. The van der Waals surface area contributed by atoms with Gasteiger partial charge < -0.3 is 11.1 Å². The van der Waals surface area contributed by atoms with E-state index in [1.54, 1.807) is 12.4 Å². The van der Waals surface area contributed by atoms with Gasteiger partial charge in [-0.05, 0) is 49.8 Å². The van der Waals surface area contributed by atoms with Crippen molar-refractivity contribution in [3.63, 3.8) is 0 Å². The standard InChI is InChI=1S/C19H23N5S/c1-11-3-4-14-15(9-11)25-19-16(14)18(22-10-12(2)20)23-17(24-19)13-5-7-21-8-6-13/h5-8,11-12H,3-4,9-10,20H2,1-2H3,(H,22,23,24)/t11?,12-/m0/s1. The van der Waals surface area contributed by atoms with Gasteiger partial charge in [0.05, 0.1) is 5.39 Å². The highest BCUT2D eigenvalue weighted by atomic mass is 32.1. The molecule has 3 aromatic heterocycles. The lowest BCUT2D eigenvalue weighted by molar-refractivity contribution is 0.509. The van der Waals surface area contributed by atoms with Crippen LogP contribution >= 0.6 is 11.3 Å². The molecule has 0 fully saturated rings. The van der Waals surface area contributed by atoms with E-state index >= 15 is 0 Å². The number of aromatic nitrogens is 3. The second-order valence-corrected chi connectivity index (χ2v) is 8.11. The quantitative estimate of drug-likeness (QED) is 0.749. The van der Waals surface area contributed by atoms with Crippen molar-refractivity contribution in [1.29, 1.82) is 0 Å². The zero-order valence-electron chi connectivity index (χ0n) is 14.6. The molecule has 2 atom stereocenters. The molecule has 0 bridgehead atoms. The minimum atomic E-state index is 0.0730. The summed E-state index contributed by atoms with van der Waals surface area (Å²) in [7, 11) is 0. The Hall–Kier alpha value is -2.05. The van der Waals surface area contributed by atoms with E-state index < -0.39 is 0 Å². The molecular formula is C19H23N5S. The number of hydrogen-bond donors (Lipinski definition) is 2. The Labute approximate surface area is 151 Å². The van der Waals surface area contributed by atoms with Crippen molar-refractivity contribution in [3.05, 3.63) is 35.0 Å². The van der Waals surface area contributed by atoms with Gasteiger partial charge in [0, 0.05) is 35.4 Å². The van der Waals surface area contributed by atoms with E-state index in [1.165, 1.54) is 22.2 Å². The first kappa shape index (κ1) is 16.4. The third-order valence-corrected chi connectivity index (χ3v) is 5.83. The summed E-state index contributed by atoms with van der Waals surface area (Å²) < 4.78 is 0. The maximum atomic E-state index is 5.95. The first-order chi connectivity index (χ1) is 12.1. The molecule has 6 heteroatoms. The van der Waals surface area contributed by atoms with E-state index in [2.05, 4.69) is 17.2 Å². The van der Waals surface area contributed by atoms with Crippen LogP contribution in [0.1, 0.15) is 30.7 Å². The van der Waals surface area contributed by atoms with Crippen LogP contribution in [-0.4, -0.2) is 27.5 Å². The summed E-state index contributed by atoms with van der Waals surface area (Å²) in [6.07, 6.45) is 7.05. The van der Waals surface area contributed by atoms with Crippen molar-refractivity contribution in [2.24, 2.45) is 11.7 Å². The van der Waals surface area contributed by atoms with Crippen molar-refractivity contribution in [2.75, 3.05) is 11.9 Å². The Bertz CT molecular complexity index is 888. The molecule has 3 heterocycles. The molecule has 1 aliphatic carbocycles. The van der Waals surface area contributed by atoms with Gasteiger partial charge in [-0.2, -0.15) is 0 Å². The van der Waals surface area contributed by atoms with Crippen LogP contribution in [0.5, 0.6) is 0 Å². The predicted molar refractivity (Wildman–Crippen MR) is 104 cm³/mol. The van der Waals surface area contributed by atoms with Crippen molar-refractivity contribution in [2.45, 2.75) is 39.2 Å². The molecule has 0 saturated carbocycles. The second-order valence-electron chi connectivity index (χ2n) is 7.02. The lowest BCUT2D eigenvalue weighted by Crippen LogP contribution is -2.25. The normalized spacial score (nSPS) is 18.1. The zero-order chi connectivity index (χ0) is 17.4. The second kappa shape index (κ2) is 6.69. The highest BCUT2D eigenvalue weighted by Crippen LogP contribution is 2.40. The van der Waals surface area contributed by atoms with Crippen molar-refractivity contribution < 1.29 is 0 Å². The summed E-state index contributed by atoms with van der Waals surface area (Å²) in [6.45, 7) is 5.03. The number of nitrogens with one attached hydrogen (secondary N) is 1. The third kappa shape index (κ3) is 3.24. The van der Waals surface area contributed by atoms with Crippen LogP contribution in [0.15, 0.2) is 24.5 Å². The molecule has 1 unspecified atom stereocenters. The molecule has 0 radical (unpaired) electrons. The zero-order valence-corrected chi connectivity index (χ0v) is 15.4. The Kier molecular flexibility index (Phi) is 4.39. The van der Waals surface area contributed by atoms with E-state index in [9.17, 15) is 0 Å². The molecule has 3 N–H and O–H groups in total. The largest absolute Gasteiger partial charge is 0.368 e. The summed E-state index contributed by atoms with van der Waals surface area (Å²) in [5, 5.41) is 4.66. The highest BCUT2D eigenvalue weighted by molar-refractivity contribution is 7.19. The van der Waals surface area contributed by atoms with Gasteiger partial charge in [0.15, 0.2) is 5.82 Å². The average Bonchev–Trinajstić information content (AvgIpc) is 2.97. The molecule has 130 valence electrons. The number of nitrogens with two attached hydrogens (primary N) is 1. The minimum absolute atomic E-state index is 0.0730. The number of anilines is 1. The van der Waals surface area contributed by atoms with Gasteiger partial charge in [0.1, 0.15) is 10.6 Å². The summed E-state index contributed by atoms with van der Waals surface area (Å²) in [5.74, 6) is 2.41. The van der Waals surface area contributed by atoms with E-state index in [0.717, 1.165) is 40.8 Å². The van der Waals surface area contributed by atoms with Crippen LogP contribution in [-0.2, 0) is 12.8 Å². The molecule has 25 heavy (non-hydrogen) atoms. The van der Waals surface area contributed by atoms with Crippen LogP contribution in [0.4, 0.5) is 5.82 Å². The third-order valence-electron chi connectivity index (χ3n) is 4.69. The molecule has 3 aromatic rings. The monoisotopic (exact) mass is 353 g/mol. The number of thiophene rings is 1. The van der Waals surface area contributed by atoms with E-state index in [0.29, 0.717) is 6.54 Å². The van der Waals surface area contributed by atoms with Gasteiger partial charge in [0.25, 0.3) is 0 Å². The van der Waals surface area contributed by atoms with E-state index in [4.69, 9.17) is 15.7 Å².